The van der Waals surface area contributed by atoms with Crippen LogP contribution in [-0.4, -0.2) is 36.3 Å². The lowest BCUT2D eigenvalue weighted by Crippen LogP contribution is -2.44. The summed E-state index contributed by atoms with van der Waals surface area (Å²) < 4.78 is 30.5. The van der Waals surface area contributed by atoms with E-state index in [9.17, 15) is 23.2 Å². The van der Waals surface area contributed by atoms with E-state index in [-0.39, 0.29) is 18.2 Å². The zero-order valence-corrected chi connectivity index (χ0v) is 14.8. The number of rotatable bonds is 8. The zero-order valence-electron chi connectivity index (χ0n) is 13.9. The average Bonchev–Trinajstić information content (AvgIpc) is 2.56. The fourth-order valence-electron chi connectivity index (χ4n) is 1.56. The van der Waals surface area contributed by atoms with Crippen LogP contribution in [0.3, 0.4) is 0 Å². The quantitative estimate of drug-likeness (QED) is 0.540. The van der Waals surface area contributed by atoms with Crippen LogP contribution in [-0.2, 0) is 14.3 Å². The van der Waals surface area contributed by atoms with E-state index in [1.165, 1.54) is 6.07 Å². The fourth-order valence-corrected chi connectivity index (χ4v) is 2.42. The van der Waals surface area contributed by atoms with Crippen molar-refractivity contribution in [3.63, 3.8) is 0 Å². The first-order chi connectivity index (χ1) is 11.8. The van der Waals surface area contributed by atoms with E-state index in [4.69, 9.17) is 4.74 Å². The molecular weight excluding hydrogens is 354 g/mol. The molecule has 0 unspecified atom stereocenters. The summed E-state index contributed by atoms with van der Waals surface area (Å²) in [5, 5.41) is 4.58. The number of urea groups is 1. The van der Waals surface area contributed by atoms with E-state index in [1.807, 2.05) is 12.2 Å². The van der Waals surface area contributed by atoms with Crippen LogP contribution in [0.1, 0.15) is 26.7 Å². The second-order valence-electron chi connectivity index (χ2n) is 5.17. The molecule has 1 aromatic carbocycles. The lowest BCUT2D eigenvalue weighted by atomic mass is 10.3. The Balaban J connectivity index is 2.22. The summed E-state index contributed by atoms with van der Waals surface area (Å²) in [5.41, 5.74) is 0. The third-order valence-corrected chi connectivity index (χ3v) is 4.07. The van der Waals surface area contributed by atoms with Gasteiger partial charge in [0.2, 0.25) is 0 Å². The van der Waals surface area contributed by atoms with E-state index >= 15 is 0 Å². The minimum absolute atomic E-state index is 0.0178. The first-order valence-corrected chi connectivity index (χ1v) is 8.64. The van der Waals surface area contributed by atoms with Crippen molar-refractivity contribution in [2.75, 3.05) is 12.4 Å². The monoisotopic (exact) mass is 374 g/mol. The van der Waals surface area contributed by atoms with Gasteiger partial charge in [0.15, 0.2) is 18.2 Å². The maximum absolute atomic E-state index is 13.0. The lowest BCUT2D eigenvalue weighted by Gasteiger charge is -2.11. The van der Waals surface area contributed by atoms with Crippen molar-refractivity contribution in [1.29, 1.82) is 0 Å². The van der Waals surface area contributed by atoms with Crippen LogP contribution in [0.15, 0.2) is 23.1 Å². The number of ether oxygens (including phenoxy) is 1. The lowest BCUT2D eigenvalue weighted by molar-refractivity contribution is -0.147. The van der Waals surface area contributed by atoms with Gasteiger partial charge in [0.25, 0.3) is 5.91 Å². The van der Waals surface area contributed by atoms with Crippen LogP contribution < -0.4 is 10.6 Å². The number of esters is 1. The Morgan fingerprint density at radius 3 is 2.60 bits per heavy atom. The largest absolute Gasteiger partial charge is 0.456 e. The molecule has 0 aliphatic rings. The van der Waals surface area contributed by atoms with E-state index in [2.05, 4.69) is 5.32 Å². The molecule has 6 nitrogen and oxygen atoms in total. The number of benzene rings is 1. The molecule has 1 rings (SSSR count). The molecule has 9 heteroatoms. The zero-order chi connectivity index (χ0) is 18.8. The molecule has 1 atom stereocenters. The summed E-state index contributed by atoms with van der Waals surface area (Å²) in [4.78, 5) is 34.9. The SMILES string of the molecule is CC[C@@H](C)NC(=O)NC(=O)COC(=O)CCSc1ccc(F)c(F)c1. The Bertz CT molecular complexity index is 628. The number of halogens is 2. The molecule has 0 fully saturated rings. The molecule has 0 bridgehead atoms. The van der Waals surface area contributed by atoms with Gasteiger partial charge < -0.3 is 10.1 Å². The summed E-state index contributed by atoms with van der Waals surface area (Å²) in [6.45, 7) is 3.10. The van der Waals surface area contributed by atoms with Gasteiger partial charge in [-0.2, -0.15) is 0 Å². The number of nitrogens with one attached hydrogen (secondary N) is 2. The summed E-state index contributed by atoms with van der Waals surface area (Å²) in [6.07, 6.45) is 0.697. The average molecular weight is 374 g/mol. The van der Waals surface area contributed by atoms with Crippen LogP contribution in [0, 0.1) is 11.6 Å². The van der Waals surface area contributed by atoms with Crippen molar-refractivity contribution in [2.24, 2.45) is 0 Å². The molecule has 0 aliphatic carbocycles. The molecule has 138 valence electrons. The standard InChI is InChI=1S/C16H20F2N2O4S/c1-3-10(2)19-16(23)20-14(21)9-24-15(22)6-7-25-11-4-5-12(17)13(18)8-11/h4-5,8,10H,3,6-7,9H2,1-2H3,(H2,19,20,21,23)/t10-/m1/s1. The molecule has 0 aromatic heterocycles. The number of hydrogen-bond acceptors (Lipinski definition) is 5. The van der Waals surface area contributed by atoms with Gasteiger partial charge in [-0.15, -0.1) is 11.8 Å². The molecule has 0 heterocycles. The van der Waals surface area contributed by atoms with Crippen LogP contribution in [0.4, 0.5) is 13.6 Å². The van der Waals surface area contributed by atoms with E-state index < -0.39 is 36.1 Å². The first-order valence-electron chi connectivity index (χ1n) is 7.65. The normalized spacial score (nSPS) is 11.5. The van der Waals surface area contributed by atoms with Crippen molar-refractivity contribution in [2.45, 2.75) is 37.6 Å². The Morgan fingerprint density at radius 2 is 1.96 bits per heavy atom. The smallest absolute Gasteiger partial charge is 0.321 e. The Labute approximate surface area is 148 Å². The molecular formula is C16H20F2N2O4S. The highest BCUT2D eigenvalue weighted by atomic mass is 32.2. The van der Waals surface area contributed by atoms with Crippen molar-refractivity contribution in [3.8, 4) is 0 Å². The summed E-state index contributed by atoms with van der Waals surface area (Å²) in [5.74, 6) is -2.98. The topological polar surface area (TPSA) is 84.5 Å². The highest BCUT2D eigenvalue weighted by Gasteiger charge is 2.12. The highest BCUT2D eigenvalue weighted by molar-refractivity contribution is 7.99. The second kappa shape index (κ2) is 10.7. The van der Waals surface area contributed by atoms with Gasteiger partial charge in [0, 0.05) is 16.7 Å². The van der Waals surface area contributed by atoms with Gasteiger partial charge in [-0.25, -0.2) is 13.6 Å². The Kier molecular flexibility index (Phi) is 8.90. The summed E-state index contributed by atoms with van der Waals surface area (Å²) in [7, 11) is 0. The molecule has 2 N–H and O–H groups in total. The van der Waals surface area contributed by atoms with Gasteiger partial charge in [-0.3, -0.25) is 14.9 Å². The summed E-state index contributed by atoms with van der Waals surface area (Å²) in [6, 6.07) is 2.71. The number of imide groups is 1. The van der Waals surface area contributed by atoms with Crippen molar-refractivity contribution >= 4 is 29.7 Å². The van der Waals surface area contributed by atoms with Gasteiger partial charge in [-0.1, -0.05) is 6.92 Å². The van der Waals surface area contributed by atoms with Gasteiger partial charge in [0.05, 0.1) is 6.42 Å². The molecule has 3 amide bonds. The molecule has 0 aliphatic heterocycles. The number of amides is 3. The number of carbonyl (C=O) groups is 3. The van der Waals surface area contributed by atoms with Crippen molar-refractivity contribution in [3.05, 3.63) is 29.8 Å². The minimum Gasteiger partial charge on any atom is -0.456 e. The first kappa shape index (κ1) is 20.9. The maximum Gasteiger partial charge on any atom is 0.321 e. The van der Waals surface area contributed by atoms with Crippen molar-refractivity contribution in [1.82, 2.24) is 10.6 Å². The van der Waals surface area contributed by atoms with Crippen LogP contribution in [0.5, 0.6) is 0 Å². The van der Waals surface area contributed by atoms with Gasteiger partial charge in [-0.05, 0) is 31.5 Å². The van der Waals surface area contributed by atoms with E-state index in [1.54, 1.807) is 6.92 Å². The highest BCUT2D eigenvalue weighted by Crippen LogP contribution is 2.21. The molecule has 0 saturated heterocycles. The molecule has 1 aromatic rings. The van der Waals surface area contributed by atoms with Crippen LogP contribution in [0.25, 0.3) is 0 Å². The van der Waals surface area contributed by atoms with Crippen LogP contribution >= 0.6 is 11.8 Å². The van der Waals surface area contributed by atoms with E-state index in [0.29, 0.717) is 11.3 Å². The van der Waals surface area contributed by atoms with Crippen LogP contribution in [0.2, 0.25) is 0 Å². The predicted molar refractivity (Wildman–Crippen MR) is 89.1 cm³/mol. The fraction of sp³-hybridized carbons (Fsp3) is 0.438. The number of carbonyl (C=O) groups excluding carboxylic acids is 3. The van der Waals surface area contributed by atoms with Crippen molar-refractivity contribution < 1.29 is 27.9 Å². The van der Waals surface area contributed by atoms with E-state index in [0.717, 1.165) is 23.9 Å². The third kappa shape index (κ3) is 8.48. The second-order valence-corrected chi connectivity index (χ2v) is 6.33. The third-order valence-electron chi connectivity index (χ3n) is 3.07. The molecule has 0 radical (unpaired) electrons. The molecule has 0 saturated carbocycles. The number of hydrogen-bond donors (Lipinski definition) is 2. The minimum atomic E-state index is -0.958. The summed E-state index contributed by atoms with van der Waals surface area (Å²) >= 11 is 1.15. The van der Waals surface area contributed by atoms with Gasteiger partial charge >= 0.3 is 12.0 Å². The molecule has 25 heavy (non-hydrogen) atoms. The Morgan fingerprint density at radius 1 is 1.24 bits per heavy atom. The molecule has 0 spiro atoms. The maximum atomic E-state index is 13.0. The predicted octanol–water partition coefficient (Wildman–Crippen LogP) is 2.61. The number of thioether (sulfide) groups is 1. The van der Waals surface area contributed by atoms with Gasteiger partial charge in [0.1, 0.15) is 0 Å². The Hall–Kier alpha value is -2.16.